The van der Waals surface area contributed by atoms with Gasteiger partial charge in [0.2, 0.25) is 5.91 Å². The van der Waals surface area contributed by atoms with Crippen LogP contribution in [0.15, 0.2) is 71.7 Å². The highest BCUT2D eigenvalue weighted by Crippen LogP contribution is 2.30. The van der Waals surface area contributed by atoms with Gasteiger partial charge >= 0.3 is 0 Å². The number of rotatable bonds is 4. The number of fused-ring (bicyclic) bond motifs is 1. The minimum atomic E-state index is -0.0803. The molecule has 0 fully saturated rings. The first-order chi connectivity index (χ1) is 12.7. The average molecular weight is 408 g/mol. The summed E-state index contributed by atoms with van der Waals surface area (Å²) in [5.41, 5.74) is 4.48. The molecule has 3 aromatic rings. The molecule has 0 saturated heterocycles. The minimum absolute atomic E-state index is 0.0803. The molecular formula is C21H18BrN3O. The molecule has 1 aliphatic rings. The van der Waals surface area contributed by atoms with Crippen LogP contribution in [0.3, 0.4) is 0 Å². The van der Waals surface area contributed by atoms with Crippen LogP contribution in [0.5, 0.6) is 0 Å². The molecule has 1 amide bonds. The van der Waals surface area contributed by atoms with Crippen molar-refractivity contribution in [2.75, 3.05) is 0 Å². The molecule has 0 bridgehead atoms. The van der Waals surface area contributed by atoms with Crippen molar-refractivity contribution in [3.8, 4) is 5.69 Å². The third kappa shape index (κ3) is 3.48. The molecule has 1 aliphatic carbocycles. The maximum absolute atomic E-state index is 12.4. The number of carbonyl (C=O) groups is 1. The highest BCUT2D eigenvalue weighted by Gasteiger charge is 2.22. The second kappa shape index (κ2) is 7.30. The molecule has 0 spiro atoms. The molecule has 0 aliphatic heterocycles. The average Bonchev–Trinajstić information content (AvgIpc) is 3.31. The van der Waals surface area contributed by atoms with Crippen LogP contribution in [-0.4, -0.2) is 15.5 Å². The first-order valence-corrected chi connectivity index (χ1v) is 9.34. The van der Waals surface area contributed by atoms with Crippen molar-refractivity contribution in [1.29, 1.82) is 0 Å². The standard InChI is InChI=1S/C21H18BrN3O/c22-17-7-9-20(25-12-11-23-14-25)16(13-17)6-10-21(26)24-19-8-5-15-3-1-2-4-18(15)19/h1-4,6-7,9-14,19H,5,8H2,(H,24,26)/b10-6+. The van der Waals surface area contributed by atoms with Crippen LogP contribution >= 0.6 is 15.9 Å². The van der Waals surface area contributed by atoms with Gasteiger partial charge in [0.25, 0.3) is 0 Å². The SMILES string of the molecule is O=C(/C=C/c1cc(Br)ccc1-n1ccnc1)NC1CCc2ccccc21. The fraction of sp³-hybridized carbons (Fsp3) is 0.143. The highest BCUT2D eigenvalue weighted by molar-refractivity contribution is 9.10. The third-order valence-corrected chi connectivity index (χ3v) is 5.13. The van der Waals surface area contributed by atoms with E-state index in [1.54, 1.807) is 18.6 Å². The Hall–Kier alpha value is -2.66. The van der Waals surface area contributed by atoms with E-state index in [1.165, 1.54) is 11.1 Å². The smallest absolute Gasteiger partial charge is 0.244 e. The molecular weight excluding hydrogens is 390 g/mol. The van der Waals surface area contributed by atoms with Crippen LogP contribution in [0.4, 0.5) is 0 Å². The third-order valence-electron chi connectivity index (χ3n) is 4.64. The minimum Gasteiger partial charge on any atom is -0.346 e. The summed E-state index contributed by atoms with van der Waals surface area (Å²) in [5.74, 6) is -0.0803. The van der Waals surface area contributed by atoms with Gasteiger partial charge in [0.15, 0.2) is 0 Å². The Kier molecular flexibility index (Phi) is 4.71. The Balaban J connectivity index is 1.52. The van der Waals surface area contributed by atoms with E-state index in [0.717, 1.165) is 28.6 Å². The summed E-state index contributed by atoms with van der Waals surface area (Å²) in [7, 11) is 0. The Morgan fingerprint density at radius 2 is 2.15 bits per heavy atom. The van der Waals surface area contributed by atoms with E-state index in [2.05, 4.69) is 38.4 Å². The number of halogens is 1. The zero-order chi connectivity index (χ0) is 17.9. The predicted molar refractivity (Wildman–Crippen MR) is 106 cm³/mol. The largest absolute Gasteiger partial charge is 0.346 e. The van der Waals surface area contributed by atoms with Gasteiger partial charge in [-0.3, -0.25) is 4.79 Å². The number of imidazole rings is 1. The van der Waals surface area contributed by atoms with Crippen LogP contribution < -0.4 is 5.32 Å². The van der Waals surface area contributed by atoms with Crippen LogP contribution in [0.25, 0.3) is 11.8 Å². The van der Waals surface area contributed by atoms with Gasteiger partial charge in [0.05, 0.1) is 18.1 Å². The van der Waals surface area contributed by atoms with E-state index in [1.807, 2.05) is 47.2 Å². The summed E-state index contributed by atoms with van der Waals surface area (Å²) in [6.07, 6.45) is 10.8. The number of nitrogens with one attached hydrogen (secondary N) is 1. The number of amides is 1. The lowest BCUT2D eigenvalue weighted by atomic mass is 10.1. The Morgan fingerprint density at radius 3 is 3.00 bits per heavy atom. The monoisotopic (exact) mass is 407 g/mol. The molecule has 1 N–H and O–H groups in total. The zero-order valence-corrected chi connectivity index (χ0v) is 15.7. The summed E-state index contributed by atoms with van der Waals surface area (Å²) in [6.45, 7) is 0. The van der Waals surface area contributed by atoms with Gasteiger partial charge in [-0.25, -0.2) is 4.98 Å². The second-order valence-electron chi connectivity index (χ2n) is 6.31. The Labute approximate surface area is 160 Å². The highest BCUT2D eigenvalue weighted by atomic mass is 79.9. The lowest BCUT2D eigenvalue weighted by Crippen LogP contribution is -2.25. The molecule has 1 atom stereocenters. The molecule has 0 saturated carbocycles. The fourth-order valence-corrected chi connectivity index (χ4v) is 3.77. The summed E-state index contributed by atoms with van der Waals surface area (Å²) in [6, 6.07) is 14.4. The van der Waals surface area contributed by atoms with Crippen molar-refractivity contribution in [1.82, 2.24) is 14.9 Å². The molecule has 130 valence electrons. The predicted octanol–water partition coefficient (Wildman–Crippen LogP) is 4.45. The van der Waals surface area contributed by atoms with E-state index in [9.17, 15) is 4.79 Å². The normalized spacial score (nSPS) is 16.0. The maximum atomic E-state index is 12.4. The summed E-state index contributed by atoms with van der Waals surface area (Å²) < 4.78 is 2.89. The first kappa shape index (κ1) is 16.8. The van der Waals surface area contributed by atoms with E-state index >= 15 is 0 Å². The number of nitrogens with zero attached hydrogens (tertiary/aromatic N) is 2. The van der Waals surface area contributed by atoms with Crippen molar-refractivity contribution < 1.29 is 4.79 Å². The molecule has 1 unspecified atom stereocenters. The summed E-state index contributed by atoms with van der Waals surface area (Å²) in [4.78, 5) is 16.5. The molecule has 26 heavy (non-hydrogen) atoms. The number of hydrogen-bond donors (Lipinski definition) is 1. The number of carbonyl (C=O) groups excluding carboxylic acids is 1. The van der Waals surface area contributed by atoms with E-state index in [0.29, 0.717) is 0 Å². The maximum Gasteiger partial charge on any atom is 0.244 e. The molecule has 4 nitrogen and oxygen atoms in total. The van der Waals surface area contributed by atoms with E-state index in [-0.39, 0.29) is 11.9 Å². The van der Waals surface area contributed by atoms with E-state index in [4.69, 9.17) is 0 Å². The Bertz CT molecular complexity index is 963. The molecule has 4 rings (SSSR count). The van der Waals surface area contributed by atoms with Crippen molar-refractivity contribution in [2.45, 2.75) is 18.9 Å². The van der Waals surface area contributed by atoms with Crippen molar-refractivity contribution in [3.05, 3.63) is 88.4 Å². The van der Waals surface area contributed by atoms with Gasteiger partial charge < -0.3 is 9.88 Å². The topological polar surface area (TPSA) is 46.9 Å². The van der Waals surface area contributed by atoms with Crippen LogP contribution in [-0.2, 0) is 11.2 Å². The zero-order valence-electron chi connectivity index (χ0n) is 14.1. The Morgan fingerprint density at radius 1 is 1.27 bits per heavy atom. The second-order valence-corrected chi connectivity index (χ2v) is 7.22. The lowest BCUT2D eigenvalue weighted by molar-refractivity contribution is -0.117. The molecule has 1 aromatic heterocycles. The lowest BCUT2D eigenvalue weighted by Gasteiger charge is -2.12. The first-order valence-electron chi connectivity index (χ1n) is 8.55. The van der Waals surface area contributed by atoms with Crippen molar-refractivity contribution in [2.24, 2.45) is 0 Å². The van der Waals surface area contributed by atoms with Crippen LogP contribution in [0.1, 0.15) is 29.2 Å². The van der Waals surface area contributed by atoms with Gasteiger partial charge in [-0.2, -0.15) is 0 Å². The molecule has 0 radical (unpaired) electrons. The van der Waals surface area contributed by atoms with Crippen molar-refractivity contribution >= 4 is 27.9 Å². The van der Waals surface area contributed by atoms with Gasteiger partial charge in [-0.15, -0.1) is 0 Å². The van der Waals surface area contributed by atoms with Crippen LogP contribution in [0.2, 0.25) is 0 Å². The number of aromatic nitrogens is 2. The van der Waals surface area contributed by atoms with Gasteiger partial charge in [0.1, 0.15) is 0 Å². The number of aryl methyl sites for hydroxylation is 1. The van der Waals surface area contributed by atoms with E-state index < -0.39 is 0 Å². The number of benzene rings is 2. The summed E-state index contributed by atoms with van der Waals surface area (Å²) >= 11 is 3.50. The van der Waals surface area contributed by atoms with Gasteiger partial charge in [-0.05, 0) is 53.8 Å². The van der Waals surface area contributed by atoms with Crippen LogP contribution in [0, 0.1) is 0 Å². The van der Waals surface area contributed by atoms with Crippen molar-refractivity contribution in [3.63, 3.8) is 0 Å². The quantitative estimate of drug-likeness (QED) is 0.649. The molecule has 5 heteroatoms. The van der Waals surface area contributed by atoms with Gasteiger partial charge in [0, 0.05) is 22.9 Å². The molecule has 1 heterocycles. The molecule has 2 aromatic carbocycles. The summed E-state index contributed by atoms with van der Waals surface area (Å²) in [5, 5.41) is 3.12. The number of hydrogen-bond acceptors (Lipinski definition) is 2. The fourth-order valence-electron chi connectivity index (χ4n) is 3.39. The van der Waals surface area contributed by atoms with Gasteiger partial charge in [-0.1, -0.05) is 40.2 Å².